The molecule has 3 nitrogen and oxygen atoms in total. The minimum Gasteiger partial charge on any atom is -0.307 e. The summed E-state index contributed by atoms with van der Waals surface area (Å²) in [5.74, 6) is 2.44. The number of aromatic nitrogens is 3. The van der Waals surface area contributed by atoms with E-state index in [1.54, 1.807) is 0 Å². The highest BCUT2D eigenvalue weighted by molar-refractivity contribution is 7.99. The van der Waals surface area contributed by atoms with Crippen LogP contribution in [0.4, 0.5) is 0 Å². The lowest BCUT2D eigenvalue weighted by molar-refractivity contribution is 0.631. The monoisotopic (exact) mass is 309 g/mol. The van der Waals surface area contributed by atoms with Crippen molar-refractivity contribution >= 4 is 22.9 Å². The van der Waals surface area contributed by atoms with Gasteiger partial charge in [-0.05, 0) is 36.3 Å². The van der Waals surface area contributed by atoms with Crippen molar-refractivity contribution in [3.05, 3.63) is 60.0 Å². The summed E-state index contributed by atoms with van der Waals surface area (Å²) in [6.07, 6.45) is 5.73. The minimum atomic E-state index is 0.506. The van der Waals surface area contributed by atoms with Crippen molar-refractivity contribution in [1.29, 1.82) is 0 Å². The molecule has 112 valence electrons. The zero-order valence-corrected chi connectivity index (χ0v) is 13.3. The quantitative estimate of drug-likeness (QED) is 0.716. The number of pyridine rings is 1. The van der Waals surface area contributed by atoms with Crippen LogP contribution in [-0.2, 0) is 6.54 Å². The van der Waals surface area contributed by atoms with E-state index in [4.69, 9.17) is 4.98 Å². The van der Waals surface area contributed by atoms with Gasteiger partial charge in [-0.15, -0.1) is 0 Å². The SMILES string of the molecule is c1ccc(Cn2c(C3CCCCS3)nc3cccnc32)cc1. The summed E-state index contributed by atoms with van der Waals surface area (Å²) in [5, 5.41) is 0.506. The van der Waals surface area contributed by atoms with Crippen LogP contribution in [0, 0.1) is 0 Å². The van der Waals surface area contributed by atoms with Crippen LogP contribution in [0.2, 0.25) is 0 Å². The molecule has 0 spiro atoms. The summed E-state index contributed by atoms with van der Waals surface area (Å²) < 4.78 is 2.31. The van der Waals surface area contributed by atoms with Crippen molar-refractivity contribution in [3.8, 4) is 0 Å². The molecule has 0 bridgehead atoms. The maximum Gasteiger partial charge on any atom is 0.160 e. The van der Waals surface area contributed by atoms with E-state index in [2.05, 4.69) is 45.9 Å². The highest BCUT2D eigenvalue weighted by Gasteiger charge is 2.23. The molecule has 4 heteroatoms. The van der Waals surface area contributed by atoms with Gasteiger partial charge in [-0.25, -0.2) is 9.97 Å². The Morgan fingerprint density at radius 2 is 2.00 bits per heavy atom. The molecule has 1 unspecified atom stereocenters. The van der Waals surface area contributed by atoms with E-state index < -0.39 is 0 Å². The number of nitrogens with zero attached hydrogens (tertiary/aromatic N) is 3. The van der Waals surface area contributed by atoms with E-state index in [0.29, 0.717) is 5.25 Å². The molecular weight excluding hydrogens is 290 g/mol. The molecule has 1 fully saturated rings. The zero-order valence-electron chi connectivity index (χ0n) is 12.5. The van der Waals surface area contributed by atoms with Gasteiger partial charge in [0.25, 0.3) is 0 Å². The van der Waals surface area contributed by atoms with Crippen LogP contribution in [0.1, 0.15) is 35.9 Å². The predicted molar refractivity (Wildman–Crippen MR) is 92.1 cm³/mol. The second kappa shape index (κ2) is 6.13. The van der Waals surface area contributed by atoms with Crippen molar-refractivity contribution in [2.75, 3.05) is 5.75 Å². The van der Waals surface area contributed by atoms with Gasteiger partial charge in [0.05, 0.1) is 11.8 Å². The fraction of sp³-hybridized carbons (Fsp3) is 0.333. The summed E-state index contributed by atoms with van der Waals surface area (Å²) in [4.78, 5) is 9.50. The Hall–Kier alpha value is -1.81. The number of hydrogen-bond acceptors (Lipinski definition) is 3. The summed E-state index contributed by atoms with van der Waals surface area (Å²) >= 11 is 2.05. The van der Waals surface area contributed by atoms with Gasteiger partial charge in [0, 0.05) is 6.20 Å². The lowest BCUT2D eigenvalue weighted by Gasteiger charge is -2.21. The second-order valence-corrected chi connectivity index (χ2v) is 7.05. The minimum absolute atomic E-state index is 0.506. The molecule has 1 aliphatic rings. The highest BCUT2D eigenvalue weighted by atomic mass is 32.2. The molecule has 1 atom stereocenters. The molecule has 3 heterocycles. The molecule has 0 aliphatic carbocycles. The number of fused-ring (bicyclic) bond motifs is 1. The van der Waals surface area contributed by atoms with Crippen LogP contribution in [0.5, 0.6) is 0 Å². The Morgan fingerprint density at radius 1 is 1.09 bits per heavy atom. The van der Waals surface area contributed by atoms with Gasteiger partial charge in [0.1, 0.15) is 11.3 Å². The Morgan fingerprint density at radius 3 is 2.82 bits per heavy atom. The van der Waals surface area contributed by atoms with E-state index in [1.807, 2.05) is 24.0 Å². The first-order chi connectivity index (χ1) is 10.9. The largest absolute Gasteiger partial charge is 0.307 e. The lowest BCUT2D eigenvalue weighted by Crippen LogP contribution is -2.11. The molecule has 3 aromatic rings. The van der Waals surface area contributed by atoms with Gasteiger partial charge in [-0.2, -0.15) is 11.8 Å². The first-order valence-electron chi connectivity index (χ1n) is 7.88. The van der Waals surface area contributed by atoms with Crippen molar-refractivity contribution in [1.82, 2.24) is 14.5 Å². The van der Waals surface area contributed by atoms with Crippen molar-refractivity contribution in [3.63, 3.8) is 0 Å². The van der Waals surface area contributed by atoms with Gasteiger partial charge < -0.3 is 4.57 Å². The molecule has 0 N–H and O–H groups in total. The zero-order chi connectivity index (χ0) is 14.8. The Bertz CT molecular complexity index is 760. The molecule has 0 amide bonds. The van der Waals surface area contributed by atoms with E-state index in [9.17, 15) is 0 Å². The van der Waals surface area contributed by atoms with Crippen molar-refractivity contribution < 1.29 is 0 Å². The standard InChI is InChI=1S/C18H19N3S/c1-2-7-14(8-3-1)13-21-17-15(9-6-11-19-17)20-18(21)16-10-4-5-12-22-16/h1-3,6-9,11,16H,4-5,10,12-13H2. The van der Waals surface area contributed by atoms with Gasteiger partial charge >= 0.3 is 0 Å². The molecule has 2 aromatic heterocycles. The number of thioether (sulfide) groups is 1. The average Bonchev–Trinajstić information content (AvgIpc) is 2.95. The maximum absolute atomic E-state index is 4.91. The highest BCUT2D eigenvalue weighted by Crippen LogP contribution is 2.38. The van der Waals surface area contributed by atoms with E-state index in [1.165, 1.54) is 36.4 Å². The fourth-order valence-electron chi connectivity index (χ4n) is 3.09. The molecule has 0 saturated carbocycles. The second-order valence-electron chi connectivity index (χ2n) is 5.74. The summed E-state index contributed by atoms with van der Waals surface area (Å²) in [7, 11) is 0. The van der Waals surface area contributed by atoms with E-state index in [-0.39, 0.29) is 0 Å². The van der Waals surface area contributed by atoms with Gasteiger partial charge in [-0.3, -0.25) is 0 Å². The predicted octanol–water partition coefficient (Wildman–Crippen LogP) is 4.44. The third-order valence-electron chi connectivity index (χ3n) is 4.18. The number of imidazole rings is 1. The van der Waals surface area contributed by atoms with Crippen LogP contribution >= 0.6 is 11.8 Å². The smallest absolute Gasteiger partial charge is 0.160 e. The lowest BCUT2D eigenvalue weighted by atomic mass is 10.1. The molecular formula is C18H19N3S. The van der Waals surface area contributed by atoms with Crippen molar-refractivity contribution in [2.45, 2.75) is 31.1 Å². The van der Waals surface area contributed by atoms with Crippen LogP contribution in [0.15, 0.2) is 48.7 Å². The molecule has 1 saturated heterocycles. The molecule has 0 radical (unpaired) electrons. The summed E-state index contributed by atoms with van der Waals surface area (Å²) in [6.45, 7) is 0.848. The third kappa shape index (κ3) is 2.63. The molecule has 1 aromatic carbocycles. The third-order valence-corrected chi connectivity index (χ3v) is 5.56. The summed E-state index contributed by atoms with van der Waals surface area (Å²) in [6, 6.07) is 14.6. The van der Waals surface area contributed by atoms with Crippen LogP contribution in [0.3, 0.4) is 0 Å². The molecule has 22 heavy (non-hydrogen) atoms. The van der Waals surface area contributed by atoms with Crippen LogP contribution in [0.25, 0.3) is 11.2 Å². The van der Waals surface area contributed by atoms with Gasteiger partial charge in [0.2, 0.25) is 0 Å². The summed E-state index contributed by atoms with van der Waals surface area (Å²) in [5.41, 5.74) is 3.32. The van der Waals surface area contributed by atoms with Crippen LogP contribution in [-0.4, -0.2) is 20.3 Å². The number of rotatable bonds is 3. The van der Waals surface area contributed by atoms with Gasteiger partial charge in [0.15, 0.2) is 5.65 Å². The number of benzene rings is 1. The van der Waals surface area contributed by atoms with E-state index in [0.717, 1.165) is 17.7 Å². The normalized spacial score (nSPS) is 18.6. The first kappa shape index (κ1) is 13.8. The first-order valence-corrected chi connectivity index (χ1v) is 8.93. The number of hydrogen-bond donors (Lipinski definition) is 0. The van der Waals surface area contributed by atoms with Crippen molar-refractivity contribution in [2.24, 2.45) is 0 Å². The Labute approximate surface area is 134 Å². The van der Waals surface area contributed by atoms with E-state index >= 15 is 0 Å². The molecule has 4 rings (SSSR count). The Balaban J connectivity index is 1.79. The molecule has 1 aliphatic heterocycles. The average molecular weight is 309 g/mol. The maximum atomic E-state index is 4.91. The topological polar surface area (TPSA) is 30.7 Å². The van der Waals surface area contributed by atoms with Gasteiger partial charge in [-0.1, -0.05) is 36.8 Å². The Kier molecular flexibility index (Phi) is 3.85. The fourth-order valence-corrected chi connectivity index (χ4v) is 4.41. The van der Waals surface area contributed by atoms with Crippen LogP contribution < -0.4 is 0 Å².